The largest absolute Gasteiger partial charge is 0.368 e. The van der Waals surface area contributed by atoms with Gasteiger partial charge in [-0.15, -0.1) is 0 Å². The number of nitrogens with one attached hydrogen (secondary N) is 1. The fourth-order valence-corrected chi connectivity index (χ4v) is 2.28. The molecule has 1 aliphatic heterocycles. The summed E-state index contributed by atoms with van der Waals surface area (Å²) in [4.78, 5) is 25.3. The van der Waals surface area contributed by atoms with Crippen LogP contribution in [0.3, 0.4) is 0 Å². The molecule has 0 aromatic rings. The normalized spacial score (nSPS) is 22.6. The molecule has 7 heteroatoms. The standard InChI is InChI=1S/C12H23N3O4/c1-7(2)9(14-12(18)19-3)11(17)15-6-4-5-8(15)10(13)16/h7-9,12,14,18H,4-6H2,1-3H3,(H2,13,16). The fraction of sp³-hybridized carbons (Fsp3) is 0.833. The van der Waals surface area contributed by atoms with Crippen molar-refractivity contribution in [2.45, 2.75) is 45.2 Å². The summed E-state index contributed by atoms with van der Waals surface area (Å²) in [6, 6.07) is -1.16. The highest BCUT2D eigenvalue weighted by atomic mass is 16.6. The Bertz CT molecular complexity index is 335. The molecule has 3 atom stereocenters. The van der Waals surface area contributed by atoms with E-state index in [9.17, 15) is 14.7 Å². The van der Waals surface area contributed by atoms with E-state index in [0.29, 0.717) is 13.0 Å². The smallest absolute Gasteiger partial charge is 0.240 e. The van der Waals surface area contributed by atoms with Crippen LogP contribution in [0.15, 0.2) is 0 Å². The third-order valence-corrected chi connectivity index (χ3v) is 3.34. The predicted octanol–water partition coefficient (Wildman–Crippen LogP) is -1.00. The van der Waals surface area contributed by atoms with E-state index in [2.05, 4.69) is 5.32 Å². The van der Waals surface area contributed by atoms with Gasteiger partial charge in [0.2, 0.25) is 18.2 Å². The van der Waals surface area contributed by atoms with Crippen molar-refractivity contribution in [1.29, 1.82) is 0 Å². The van der Waals surface area contributed by atoms with E-state index >= 15 is 0 Å². The molecular formula is C12H23N3O4. The van der Waals surface area contributed by atoms with E-state index in [4.69, 9.17) is 10.5 Å². The van der Waals surface area contributed by atoms with Crippen LogP contribution in [0.25, 0.3) is 0 Å². The number of methoxy groups -OCH3 is 1. The molecule has 2 amide bonds. The molecular weight excluding hydrogens is 250 g/mol. The molecule has 0 aromatic heterocycles. The quantitative estimate of drug-likeness (QED) is 0.538. The zero-order valence-electron chi connectivity index (χ0n) is 11.6. The second kappa shape index (κ2) is 6.83. The predicted molar refractivity (Wildman–Crippen MR) is 68.7 cm³/mol. The number of primary amides is 1. The number of likely N-dealkylation sites (tertiary alicyclic amines) is 1. The number of carbonyl (C=O) groups is 2. The molecule has 1 fully saturated rings. The Balaban J connectivity index is 2.78. The van der Waals surface area contributed by atoms with Crippen molar-refractivity contribution >= 4 is 11.8 Å². The zero-order valence-corrected chi connectivity index (χ0v) is 11.6. The molecule has 3 unspecified atom stereocenters. The number of rotatable bonds is 6. The average Bonchev–Trinajstić information content (AvgIpc) is 2.83. The van der Waals surface area contributed by atoms with Crippen molar-refractivity contribution < 1.29 is 19.4 Å². The van der Waals surface area contributed by atoms with Crippen LogP contribution < -0.4 is 11.1 Å². The van der Waals surface area contributed by atoms with Crippen LogP contribution in [-0.2, 0) is 14.3 Å². The minimum Gasteiger partial charge on any atom is -0.368 e. The first-order chi connectivity index (χ1) is 8.88. The second-order valence-corrected chi connectivity index (χ2v) is 5.07. The number of amides is 2. The Morgan fingerprint density at radius 1 is 1.47 bits per heavy atom. The van der Waals surface area contributed by atoms with Gasteiger partial charge in [0.25, 0.3) is 0 Å². The maximum atomic E-state index is 12.4. The van der Waals surface area contributed by atoms with Gasteiger partial charge in [-0.3, -0.25) is 14.9 Å². The molecule has 1 saturated heterocycles. The summed E-state index contributed by atoms with van der Waals surface area (Å²) >= 11 is 0. The van der Waals surface area contributed by atoms with Gasteiger partial charge >= 0.3 is 0 Å². The third kappa shape index (κ3) is 3.89. The highest BCUT2D eigenvalue weighted by Crippen LogP contribution is 2.20. The minimum absolute atomic E-state index is 0.0496. The Kier molecular flexibility index (Phi) is 5.71. The molecule has 7 nitrogen and oxygen atoms in total. The Hall–Kier alpha value is -1.18. The van der Waals surface area contributed by atoms with E-state index < -0.39 is 24.4 Å². The number of aliphatic hydroxyl groups is 1. The zero-order chi connectivity index (χ0) is 14.6. The summed E-state index contributed by atoms with van der Waals surface area (Å²) < 4.78 is 4.70. The van der Waals surface area contributed by atoms with Crippen molar-refractivity contribution in [2.24, 2.45) is 11.7 Å². The van der Waals surface area contributed by atoms with Crippen molar-refractivity contribution in [3.63, 3.8) is 0 Å². The van der Waals surface area contributed by atoms with Gasteiger partial charge in [-0.05, 0) is 18.8 Å². The number of nitrogens with zero attached hydrogens (tertiary/aromatic N) is 1. The number of hydrogen-bond acceptors (Lipinski definition) is 5. The van der Waals surface area contributed by atoms with Crippen molar-refractivity contribution in [1.82, 2.24) is 10.2 Å². The summed E-state index contributed by atoms with van der Waals surface area (Å²) in [5.74, 6) is -0.764. The van der Waals surface area contributed by atoms with Gasteiger partial charge in [-0.2, -0.15) is 0 Å². The lowest BCUT2D eigenvalue weighted by Crippen LogP contribution is -2.55. The molecule has 0 radical (unpaired) electrons. The first-order valence-electron chi connectivity index (χ1n) is 6.45. The van der Waals surface area contributed by atoms with Gasteiger partial charge in [-0.1, -0.05) is 13.8 Å². The average molecular weight is 273 g/mol. The summed E-state index contributed by atoms with van der Waals surface area (Å²) in [6.07, 6.45) is 0.140. The third-order valence-electron chi connectivity index (χ3n) is 3.34. The van der Waals surface area contributed by atoms with Gasteiger partial charge in [-0.25, -0.2) is 0 Å². The fourth-order valence-electron chi connectivity index (χ4n) is 2.28. The van der Waals surface area contributed by atoms with Crippen LogP contribution in [0, 0.1) is 5.92 Å². The van der Waals surface area contributed by atoms with Crippen LogP contribution in [0.2, 0.25) is 0 Å². The lowest BCUT2D eigenvalue weighted by Gasteiger charge is -2.30. The summed E-state index contributed by atoms with van der Waals surface area (Å²) in [5.41, 5.74) is 5.30. The van der Waals surface area contributed by atoms with Gasteiger partial charge in [0.15, 0.2) is 0 Å². The van der Waals surface area contributed by atoms with Crippen LogP contribution in [0.4, 0.5) is 0 Å². The summed E-state index contributed by atoms with van der Waals surface area (Å²) in [6.45, 7) is 4.22. The molecule has 0 aliphatic carbocycles. The van der Waals surface area contributed by atoms with Crippen LogP contribution in [0.5, 0.6) is 0 Å². The van der Waals surface area contributed by atoms with Gasteiger partial charge < -0.3 is 20.5 Å². The minimum atomic E-state index is -1.22. The molecule has 1 rings (SSSR count). The molecule has 110 valence electrons. The highest BCUT2D eigenvalue weighted by molar-refractivity contribution is 5.89. The van der Waals surface area contributed by atoms with Gasteiger partial charge in [0, 0.05) is 13.7 Å². The molecule has 4 N–H and O–H groups in total. The van der Waals surface area contributed by atoms with Crippen LogP contribution in [0.1, 0.15) is 26.7 Å². The molecule has 0 saturated carbocycles. The SMILES string of the molecule is COC(O)NC(C(=O)N1CCCC1C(N)=O)C(C)C. The Morgan fingerprint density at radius 3 is 2.58 bits per heavy atom. The lowest BCUT2D eigenvalue weighted by molar-refractivity contribution is -0.147. The summed E-state index contributed by atoms with van der Waals surface area (Å²) in [7, 11) is 1.33. The molecule has 0 bridgehead atoms. The van der Waals surface area contributed by atoms with E-state index in [0.717, 1.165) is 6.42 Å². The number of nitrogens with two attached hydrogens (primary N) is 1. The number of aliphatic hydroxyl groups excluding tert-OH is 1. The van der Waals surface area contributed by atoms with Crippen LogP contribution in [-0.4, -0.2) is 54.0 Å². The van der Waals surface area contributed by atoms with Crippen molar-refractivity contribution in [3.8, 4) is 0 Å². The van der Waals surface area contributed by atoms with E-state index in [-0.39, 0.29) is 11.8 Å². The maximum Gasteiger partial charge on any atom is 0.240 e. The van der Waals surface area contributed by atoms with Crippen molar-refractivity contribution in [2.75, 3.05) is 13.7 Å². The number of hydrogen-bond donors (Lipinski definition) is 3. The first-order valence-corrected chi connectivity index (χ1v) is 6.45. The monoisotopic (exact) mass is 273 g/mol. The Morgan fingerprint density at radius 2 is 2.11 bits per heavy atom. The van der Waals surface area contributed by atoms with Gasteiger partial charge in [0.1, 0.15) is 6.04 Å². The second-order valence-electron chi connectivity index (χ2n) is 5.07. The highest BCUT2D eigenvalue weighted by Gasteiger charge is 2.37. The molecule has 1 aliphatic rings. The maximum absolute atomic E-state index is 12.4. The van der Waals surface area contributed by atoms with Crippen LogP contribution >= 0.6 is 0 Å². The molecule has 0 spiro atoms. The molecule has 1 heterocycles. The van der Waals surface area contributed by atoms with E-state index in [1.165, 1.54) is 12.0 Å². The van der Waals surface area contributed by atoms with E-state index in [1.54, 1.807) is 0 Å². The van der Waals surface area contributed by atoms with Gasteiger partial charge in [0.05, 0.1) is 6.04 Å². The lowest BCUT2D eigenvalue weighted by atomic mass is 10.0. The molecule has 0 aromatic carbocycles. The Labute approximate surface area is 113 Å². The first kappa shape index (κ1) is 15.9. The van der Waals surface area contributed by atoms with E-state index in [1.807, 2.05) is 13.8 Å². The molecule has 19 heavy (non-hydrogen) atoms. The summed E-state index contributed by atoms with van der Waals surface area (Å²) in [5, 5.41) is 12.1. The van der Waals surface area contributed by atoms with Crippen molar-refractivity contribution in [3.05, 3.63) is 0 Å². The number of carbonyl (C=O) groups excluding carboxylic acids is 2. The topological polar surface area (TPSA) is 105 Å². The number of ether oxygens (including phenoxy) is 1.